The number of aryl methyl sites for hydroxylation is 1. The van der Waals surface area contributed by atoms with Crippen molar-refractivity contribution in [2.75, 3.05) is 23.7 Å². The van der Waals surface area contributed by atoms with E-state index in [4.69, 9.17) is 5.73 Å². The van der Waals surface area contributed by atoms with Crippen LogP contribution in [0.25, 0.3) is 11.1 Å². The Bertz CT molecular complexity index is 1280. The summed E-state index contributed by atoms with van der Waals surface area (Å²) in [6, 6.07) is 14.9. The van der Waals surface area contributed by atoms with Crippen LogP contribution in [0.5, 0.6) is 0 Å². The summed E-state index contributed by atoms with van der Waals surface area (Å²) in [5.74, 6) is 1.48. The molecule has 190 valence electrons. The molecule has 0 bridgehead atoms. The average Bonchev–Trinajstić information content (AvgIpc) is 2.86. The van der Waals surface area contributed by atoms with E-state index in [1.165, 1.54) is 4.31 Å². The summed E-state index contributed by atoms with van der Waals surface area (Å²) >= 11 is 0. The molecule has 2 aliphatic rings. The lowest BCUT2D eigenvalue weighted by atomic mass is 9.88. The van der Waals surface area contributed by atoms with Gasteiger partial charge in [-0.05, 0) is 67.6 Å². The van der Waals surface area contributed by atoms with E-state index in [9.17, 15) is 13.5 Å². The monoisotopic (exact) mass is 508 g/mol. The van der Waals surface area contributed by atoms with Gasteiger partial charge < -0.3 is 21.5 Å². The number of β-amino-alcohol motifs (C(OH)–C–C–N with tert-alkyl or cyclic N) is 1. The van der Waals surface area contributed by atoms with E-state index in [2.05, 4.69) is 20.6 Å². The van der Waals surface area contributed by atoms with Crippen LogP contribution in [0.15, 0.2) is 65.8 Å². The first kappa shape index (κ1) is 24.6. The molecule has 2 fully saturated rings. The Hall–Kier alpha value is -3.05. The van der Waals surface area contributed by atoms with E-state index < -0.39 is 16.1 Å². The number of pyridine rings is 2. The molecule has 0 spiro atoms. The SMILES string of the molecule is Cc1ccc(N[C@@H]2CCN(S(=O)(=O)c3ccc(-c4ccc(NC5CC(N)C5)nc4)cc3)C[C@@H]2O)nc1. The maximum Gasteiger partial charge on any atom is 0.243 e. The number of aromatic nitrogens is 2. The number of nitrogens with zero attached hydrogens (tertiary/aromatic N) is 3. The van der Waals surface area contributed by atoms with Crippen molar-refractivity contribution >= 4 is 21.7 Å². The van der Waals surface area contributed by atoms with Crippen molar-refractivity contribution in [1.29, 1.82) is 0 Å². The molecule has 1 aliphatic heterocycles. The fourth-order valence-electron chi connectivity index (χ4n) is 4.64. The largest absolute Gasteiger partial charge is 0.390 e. The third-order valence-electron chi connectivity index (χ3n) is 6.90. The quantitative estimate of drug-likeness (QED) is 0.383. The van der Waals surface area contributed by atoms with E-state index in [0.717, 1.165) is 35.3 Å². The van der Waals surface area contributed by atoms with Crippen LogP contribution in [0.4, 0.5) is 11.6 Å². The van der Waals surface area contributed by atoms with Gasteiger partial charge in [-0.1, -0.05) is 18.2 Å². The molecule has 1 saturated heterocycles. The first-order valence-corrected chi connectivity index (χ1v) is 13.7. The Morgan fingerprint density at radius 2 is 1.61 bits per heavy atom. The lowest BCUT2D eigenvalue weighted by Crippen LogP contribution is -2.51. The summed E-state index contributed by atoms with van der Waals surface area (Å²) in [6.07, 6.45) is 5.08. The van der Waals surface area contributed by atoms with Crippen molar-refractivity contribution in [2.24, 2.45) is 5.73 Å². The zero-order valence-corrected chi connectivity index (χ0v) is 21.0. The van der Waals surface area contributed by atoms with Gasteiger partial charge in [0, 0.05) is 43.1 Å². The number of sulfonamides is 1. The fraction of sp³-hybridized carbons (Fsp3) is 0.385. The van der Waals surface area contributed by atoms with Gasteiger partial charge in [0.2, 0.25) is 10.0 Å². The molecule has 2 aromatic heterocycles. The van der Waals surface area contributed by atoms with Crippen molar-refractivity contribution in [3.05, 3.63) is 66.5 Å². The molecule has 9 nitrogen and oxygen atoms in total. The number of benzene rings is 1. The van der Waals surface area contributed by atoms with Crippen molar-refractivity contribution in [2.45, 2.75) is 55.3 Å². The highest BCUT2D eigenvalue weighted by atomic mass is 32.2. The van der Waals surface area contributed by atoms with Crippen LogP contribution in [0, 0.1) is 6.92 Å². The van der Waals surface area contributed by atoms with Crippen LogP contribution in [0.3, 0.4) is 0 Å². The van der Waals surface area contributed by atoms with Crippen LogP contribution in [-0.2, 0) is 10.0 Å². The summed E-state index contributed by atoms with van der Waals surface area (Å²) in [5, 5.41) is 17.2. The number of piperidine rings is 1. The standard InChI is InChI=1S/C26H32N6O3S/c1-17-2-8-26(28-14-17)31-23-10-11-32(16-24(23)33)36(34,35)22-6-3-18(4-7-22)19-5-9-25(29-15-19)30-21-12-20(27)13-21/h2-9,14-15,20-21,23-24,33H,10-13,16,27H2,1H3,(H,28,31)(H,29,30)/t20?,21?,23-,24+/m1/s1. The number of rotatable bonds is 7. The number of aliphatic hydroxyl groups excluding tert-OH is 1. The van der Waals surface area contributed by atoms with Gasteiger partial charge in [-0.2, -0.15) is 4.31 Å². The van der Waals surface area contributed by atoms with Gasteiger partial charge in [-0.25, -0.2) is 18.4 Å². The van der Waals surface area contributed by atoms with E-state index in [1.54, 1.807) is 36.7 Å². The van der Waals surface area contributed by atoms with Crippen molar-refractivity contribution in [3.8, 4) is 11.1 Å². The summed E-state index contributed by atoms with van der Waals surface area (Å²) in [4.78, 5) is 9.00. The molecular weight excluding hydrogens is 476 g/mol. The predicted octanol–water partition coefficient (Wildman–Crippen LogP) is 2.59. The maximum absolute atomic E-state index is 13.2. The zero-order chi connectivity index (χ0) is 25.3. The fourth-order valence-corrected chi connectivity index (χ4v) is 6.11. The van der Waals surface area contributed by atoms with Gasteiger partial charge >= 0.3 is 0 Å². The molecule has 5 N–H and O–H groups in total. The van der Waals surface area contributed by atoms with Crippen molar-refractivity contribution in [3.63, 3.8) is 0 Å². The van der Waals surface area contributed by atoms with E-state index >= 15 is 0 Å². The lowest BCUT2D eigenvalue weighted by molar-refractivity contribution is 0.0949. The second kappa shape index (κ2) is 10.1. The predicted molar refractivity (Wildman–Crippen MR) is 140 cm³/mol. The minimum Gasteiger partial charge on any atom is -0.390 e. The first-order valence-electron chi connectivity index (χ1n) is 12.2. The molecule has 1 saturated carbocycles. The number of hydrogen-bond donors (Lipinski definition) is 4. The molecule has 5 rings (SSSR count). The Kier molecular flexibility index (Phi) is 6.94. The van der Waals surface area contributed by atoms with Crippen molar-refractivity contribution in [1.82, 2.24) is 14.3 Å². The zero-order valence-electron chi connectivity index (χ0n) is 20.2. The number of aliphatic hydroxyl groups is 1. The van der Waals surface area contributed by atoms with E-state index in [0.29, 0.717) is 24.8 Å². The molecule has 2 atom stereocenters. The highest BCUT2D eigenvalue weighted by Gasteiger charge is 2.35. The molecular formula is C26H32N6O3S. The highest BCUT2D eigenvalue weighted by molar-refractivity contribution is 7.89. The smallest absolute Gasteiger partial charge is 0.243 e. The van der Waals surface area contributed by atoms with Crippen LogP contribution in [0.2, 0.25) is 0 Å². The third-order valence-corrected chi connectivity index (χ3v) is 8.78. The summed E-state index contributed by atoms with van der Waals surface area (Å²) in [6.45, 7) is 2.30. The normalized spacial score (nSPS) is 24.6. The molecule has 10 heteroatoms. The van der Waals surface area contributed by atoms with Crippen LogP contribution >= 0.6 is 0 Å². The van der Waals surface area contributed by atoms with Gasteiger partial charge in [0.15, 0.2) is 0 Å². The van der Waals surface area contributed by atoms with E-state index in [-0.39, 0.29) is 23.5 Å². The van der Waals surface area contributed by atoms with Crippen LogP contribution < -0.4 is 16.4 Å². The third kappa shape index (κ3) is 5.36. The first-order chi connectivity index (χ1) is 17.3. The molecule has 0 radical (unpaired) electrons. The van der Waals surface area contributed by atoms with Crippen LogP contribution in [0.1, 0.15) is 24.8 Å². The Balaban J connectivity index is 1.21. The average molecular weight is 509 g/mol. The number of nitrogens with one attached hydrogen (secondary N) is 2. The molecule has 3 heterocycles. The minimum atomic E-state index is -3.72. The molecule has 1 aliphatic carbocycles. The number of anilines is 2. The second-order valence-electron chi connectivity index (χ2n) is 9.72. The lowest BCUT2D eigenvalue weighted by Gasteiger charge is -2.35. The summed E-state index contributed by atoms with van der Waals surface area (Å²) in [5.41, 5.74) is 8.67. The Morgan fingerprint density at radius 3 is 2.22 bits per heavy atom. The molecule has 3 aromatic rings. The Labute approximate surface area is 211 Å². The molecule has 0 amide bonds. The highest BCUT2D eigenvalue weighted by Crippen LogP contribution is 2.27. The maximum atomic E-state index is 13.2. The van der Waals surface area contributed by atoms with Gasteiger partial charge in [-0.3, -0.25) is 0 Å². The van der Waals surface area contributed by atoms with E-state index in [1.807, 2.05) is 31.2 Å². The Morgan fingerprint density at radius 1 is 0.944 bits per heavy atom. The van der Waals surface area contributed by atoms with Gasteiger partial charge in [-0.15, -0.1) is 0 Å². The van der Waals surface area contributed by atoms with Crippen molar-refractivity contribution < 1.29 is 13.5 Å². The number of hydrogen-bond acceptors (Lipinski definition) is 8. The summed E-state index contributed by atoms with van der Waals surface area (Å²) in [7, 11) is -3.72. The van der Waals surface area contributed by atoms with Gasteiger partial charge in [0.25, 0.3) is 0 Å². The van der Waals surface area contributed by atoms with Gasteiger partial charge in [0.1, 0.15) is 11.6 Å². The minimum absolute atomic E-state index is 0.0257. The summed E-state index contributed by atoms with van der Waals surface area (Å²) < 4.78 is 27.8. The van der Waals surface area contributed by atoms with Gasteiger partial charge in [0.05, 0.1) is 17.0 Å². The number of nitrogens with two attached hydrogens (primary N) is 1. The second-order valence-corrected chi connectivity index (χ2v) is 11.7. The molecule has 0 unspecified atom stereocenters. The topological polar surface area (TPSA) is 133 Å². The van der Waals surface area contributed by atoms with Crippen LogP contribution in [-0.4, -0.2) is 65.1 Å². The molecule has 1 aromatic carbocycles. The molecule has 36 heavy (non-hydrogen) atoms.